The van der Waals surface area contributed by atoms with Crippen LogP contribution >= 0.6 is 0 Å². The maximum absolute atomic E-state index is 5.82. The zero-order chi connectivity index (χ0) is 15.1. The van der Waals surface area contributed by atoms with Crippen molar-refractivity contribution in [2.45, 2.75) is 85.1 Å². The van der Waals surface area contributed by atoms with Crippen LogP contribution in [-0.2, 0) is 4.74 Å². The highest BCUT2D eigenvalue weighted by Gasteiger charge is 2.36. The van der Waals surface area contributed by atoms with Gasteiger partial charge in [0.25, 0.3) is 0 Å². The molecule has 1 N–H and O–H groups in total. The largest absolute Gasteiger partial charge is 0.381 e. The minimum Gasteiger partial charge on any atom is -0.381 e. The molecule has 1 aliphatic carbocycles. The molecular formula is C18H37NO. The minimum absolute atomic E-state index is 0.207. The average Bonchev–Trinajstić information content (AvgIpc) is 2.42. The lowest BCUT2D eigenvalue weighted by Gasteiger charge is -2.42. The zero-order valence-electron chi connectivity index (χ0n) is 14.6. The molecule has 0 bridgehead atoms. The Morgan fingerprint density at radius 3 is 2.30 bits per heavy atom. The van der Waals surface area contributed by atoms with Gasteiger partial charge in [0.1, 0.15) is 0 Å². The lowest BCUT2D eigenvalue weighted by molar-refractivity contribution is 0.0111. The van der Waals surface area contributed by atoms with Gasteiger partial charge in [0.05, 0.1) is 6.61 Å². The first-order valence-corrected chi connectivity index (χ1v) is 8.73. The summed E-state index contributed by atoms with van der Waals surface area (Å²) in [6.07, 6.45) is 9.66. The van der Waals surface area contributed by atoms with E-state index in [0.717, 1.165) is 25.7 Å². The molecule has 0 unspecified atom stereocenters. The van der Waals surface area contributed by atoms with Crippen molar-refractivity contribution in [2.24, 2.45) is 11.3 Å². The zero-order valence-corrected chi connectivity index (χ0v) is 14.6. The maximum atomic E-state index is 5.82. The lowest BCUT2D eigenvalue weighted by atomic mass is 9.69. The standard InChI is InChI=1S/C18H37NO/c1-6-8-9-16-10-12-18(13-11-16,15-20-7-2)14-19-17(3,4)5/h16,19H,6-15H2,1-5H3. The van der Waals surface area contributed by atoms with Crippen molar-refractivity contribution >= 4 is 0 Å². The number of ether oxygens (including phenoxy) is 1. The quantitative estimate of drug-likeness (QED) is 0.692. The van der Waals surface area contributed by atoms with E-state index in [1.165, 1.54) is 44.9 Å². The molecule has 0 saturated heterocycles. The SMILES string of the molecule is CCCCC1CCC(CNC(C)(C)C)(COCC)CC1. The molecule has 1 fully saturated rings. The van der Waals surface area contributed by atoms with Gasteiger partial charge in [-0.1, -0.05) is 26.2 Å². The molecule has 0 aromatic heterocycles. The molecule has 2 heteroatoms. The van der Waals surface area contributed by atoms with Crippen molar-refractivity contribution in [3.8, 4) is 0 Å². The van der Waals surface area contributed by atoms with Crippen LogP contribution in [0.15, 0.2) is 0 Å². The Morgan fingerprint density at radius 2 is 1.80 bits per heavy atom. The summed E-state index contributed by atoms with van der Waals surface area (Å²) >= 11 is 0. The van der Waals surface area contributed by atoms with E-state index < -0.39 is 0 Å². The number of unbranched alkanes of at least 4 members (excludes halogenated alkanes) is 1. The second-order valence-electron chi connectivity index (χ2n) is 7.83. The van der Waals surface area contributed by atoms with Crippen LogP contribution in [0.5, 0.6) is 0 Å². The molecule has 120 valence electrons. The summed E-state index contributed by atoms with van der Waals surface area (Å²) in [4.78, 5) is 0. The molecule has 0 aromatic carbocycles. The van der Waals surface area contributed by atoms with Crippen LogP contribution in [0.4, 0.5) is 0 Å². The van der Waals surface area contributed by atoms with Gasteiger partial charge in [0, 0.05) is 24.1 Å². The van der Waals surface area contributed by atoms with Gasteiger partial charge in [0.15, 0.2) is 0 Å². The molecule has 0 amide bonds. The fourth-order valence-corrected chi connectivity index (χ4v) is 3.21. The van der Waals surface area contributed by atoms with Crippen molar-refractivity contribution < 1.29 is 4.74 Å². The van der Waals surface area contributed by atoms with Gasteiger partial charge in [-0.3, -0.25) is 0 Å². The van der Waals surface area contributed by atoms with Gasteiger partial charge in [-0.15, -0.1) is 0 Å². The Labute approximate surface area is 127 Å². The summed E-state index contributed by atoms with van der Waals surface area (Å²) in [6, 6.07) is 0. The summed E-state index contributed by atoms with van der Waals surface area (Å²) in [5.74, 6) is 0.972. The first-order chi connectivity index (χ1) is 9.41. The molecular weight excluding hydrogens is 246 g/mol. The van der Waals surface area contributed by atoms with Crippen LogP contribution in [0.25, 0.3) is 0 Å². The Balaban J connectivity index is 2.49. The normalized spacial score (nSPS) is 27.8. The fraction of sp³-hybridized carbons (Fsp3) is 1.00. The van der Waals surface area contributed by atoms with Crippen molar-refractivity contribution in [1.82, 2.24) is 5.32 Å². The molecule has 0 heterocycles. The van der Waals surface area contributed by atoms with Crippen LogP contribution in [0.1, 0.15) is 79.6 Å². The van der Waals surface area contributed by atoms with Crippen LogP contribution in [0.2, 0.25) is 0 Å². The molecule has 1 saturated carbocycles. The second-order valence-corrected chi connectivity index (χ2v) is 7.83. The number of nitrogens with one attached hydrogen (secondary N) is 1. The lowest BCUT2D eigenvalue weighted by Crippen LogP contribution is -2.47. The fourth-order valence-electron chi connectivity index (χ4n) is 3.21. The first kappa shape index (κ1) is 18.0. The smallest absolute Gasteiger partial charge is 0.0534 e. The molecule has 0 radical (unpaired) electrons. The highest BCUT2D eigenvalue weighted by molar-refractivity contribution is 4.89. The van der Waals surface area contributed by atoms with Gasteiger partial charge < -0.3 is 10.1 Å². The monoisotopic (exact) mass is 283 g/mol. The van der Waals surface area contributed by atoms with Crippen LogP contribution in [0.3, 0.4) is 0 Å². The average molecular weight is 284 g/mol. The van der Waals surface area contributed by atoms with E-state index in [-0.39, 0.29) is 5.54 Å². The van der Waals surface area contributed by atoms with Crippen molar-refractivity contribution in [1.29, 1.82) is 0 Å². The number of rotatable bonds is 8. The predicted octanol–water partition coefficient (Wildman–Crippen LogP) is 4.78. The van der Waals surface area contributed by atoms with E-state index in [1.807, 2.05) is 0 Å². The van der Waals surface area contributed by atoms with Crippen LogP contribution in [-0.4, -0.2) is 25.3 Å². The Kier molecular flexibility index (Phi) is 7.53. The number of hydrogen-bond acceptors (Lipinski definition) is 2. The van der Waals surface area contributed by atoms with Gasteiger partial charge in [-0.25, -0.2) is 0 Å². The van der Waals surface area contributed by atoms with E-state index in [2.05, 4.69) is 39.9 Å². The topological polar surface area (TPSA) is 21.3 Å². The molecule has 1 rings (SSSR count). The van der Waals surface area contributed by atoms with Gasteiger partial charge in [-0.05, 0) is 59.3 Å². The molecule has 0 atom stereocenters. The molecule has 1 aliphatic rings. The number of hydrogen-bond donors (Lipinski definition) is 1. The highest BCUT2D eigenvalue weighted by atomic mass is 16.5. The second kappa shape index (κ2) is 8.38. The molecule has 0 spiro atoms. The first-order valence-electron chi connectivity index (χ1n) is 8.73. The van der Waals surface area contributed by atoms with Crippen molar-refractivity contribution in [3.63, 3.8) is 0 Å². The predicted molar refractivity (Wildman–Crippen MR) is 88.2 cm³/mol. The molecule has 0 aromatic rings. The van der Waals surface area contributed by atoms with Crippen molar-refractivity contribution in [3.05, 3.63) is 0 Å². The summed E-state index contributed by atoms with van der Waals surface area (Å²) in [5, 5.41) is 3.72. The molecule has 0 aliphatic heterocycles. The third-order valence-corrected chi connectivity index (χ3v) is 4.74. The van der Waals surface area contributed by atoms with Gasteiger partial charge in [-0.2, -0.15) is 0 Å². The maximum Gasteiger partial charge on any atom is 0.0534 e. The van der Waals surface area contributed by atoms with Crippen LogP contribution < -0.4 is 5.32 Å². The van der Waals surface area contributed by atoms with Crippen molar-refractivity contribution in [2.75, 3.05) is 19.8 Å². The van der Waals surface area contributed by atoms with Gasteiger partial charge >= 0.3 is 0 Å². The van der Waals surface area contributed by atoms with E-state index >= 15 is 0 Å². The minimum atomic E-state index is 0.207. The summed E-state index contributed by atoms with van der Waals surface area (Å²) in [7, 11) is 0. The summed E-state index contributed by atoms with van der Waals surface area (Å²) in [6.45, 7) is 14.1. The highest BCUT2D eigenvalue weighted by Crippen LogP contribution is 2.40. The van der Waals surface area contributed by atoms with E-state index in [1.54, 1.807) is 0 Å². The molecule has 20 heavy (non-hydrogen) atoms. The van der Waals surface area contributed by atoms with E-state index in [4.69, 9.17) is 4.74 Å². The van der Waals surface area contributed by atoms with Gasteiger partial charge in [0.2, 0.25) is 0 Å². The summed E-state index contributed by atoms with van der Waals surface area (Å²) < 4.78 is 5.82. The third kappa shape index (κ3) is 6.58. The van der Waals surface area contributed by atoms with E-state index in [9.17, 15) is 0 Å². The van der Waals surface area contributed by atoms with Crippen LogP contribution in [0, 0.1) is 11.3 Å². The third-order valence-electron chi connectivity index (χ3n) is 4.74. The summed E-state index contributed by atoms with van der Waals surface area (Å²) in [5.41, 5.74) is 0.588. The Hall–Kier alpha value is -0.0800. The van der Waals surface area contributed by atoms with E-state index in [0.29, 0.717) is 5.41 Å². The Morgan fingerprint density at radius 1 is 1.15 bits per heavy atom. The Bertz CT molecular complexity index is 249. The molecule has 2 nitrogen and oxygen atoms in total.